The van der Waals surface area contributed by atoms with Gasteiger partial charge in [0.15, 0.2) is 0 Å². The van der Waals surface area contributed by atoms with E-state index in [-0.39, 0.29) is 5.91 Å². The first-order valence-electron chi connectivity index (χ1n) is 7.35. The van der Waals surface area contributed by atoms with Crippen LogP contribution in [-0.4, -0.2) is 10.8 Å². The second-order valence-electron chi connectivity index (χ2n) is 5.22. The standard InChI is InChI=1S/C19H18N2O/c22-19(20-18-11-5-2-6-12-18)17-10-7-13-21(15-17)14-16-8-3-1-4-9-16/h1-9,11-13,15H,10,14H2,(H,20,22). The summed E-state index contributed by atoms with van der Waals surface area (Å²) in [5.74, 6) is -0.0476. The largest absolute Gasteiger partial charge is 0.350 e. The first kappa shape index (κ1) is 14.1. The molecular weight excluding hydrogens is 272 g/mol. The molecule has 0 aromatic heterocycles. The van der Waals surface area contributed by atoms with E-state index < -0.39 is 0 Å². The zero-order chi connectivity index (χ0) is 15.2. The van der Waals surface area contributed by atoms with Gasteiger partial charge in [-0.3, -0.25) is 4.79 Å². The predicted molar refractivity (Wildman–Crippen MR) is 88.9 cm³/mol. The highest BCUT2D eigenvalue weighted by molar-refractivity contribution is 6.03. The number of benzene rings is 2. The molecule has 1 aliphatic heterocycles. The van der Waals surface area contributed by atoms with Crippen molar-refractivity contribution in [1.29, 1.82) is 0 Å². The van der Waals surface area contributed by atoms with Crippen molar-refractivity contribution < 1.29 is 4.79 Å². The predicted octanol–water partition coefficient (Wildman–Crippen LogP) is 3.93. The number of nitrogens with zero attached hydrogens (tertiary/aromatic N) is 1. The Labute approximate surface area is 130 Å². The number of rotatable bonds is 4. The summed E-state index contributed by atoms with van der Waals surface area (Å²) in [4.78, 5) is 14.4. The van der Waals surface area contributed by atoms with E-state index in [1.54, 1.807) is 0 Å². The van der Waals surface area contributed by atoms with Gasteiger partial charge in [0, 0.05) is 30.2 Å². The fourth-order valence-corrected chi connectivity index (χ4v) is 2.39. The molecule has 22 heavy (non-hydrogen) atoms. The van der Waals surface area contributed by atoms with E-state index in [9.17, 15) is 4.79 Å². The number of hydrogen-bond acceptors (Lipinski definition) is 2. The van der Waals surface area contributed by atoms with Gasteiger partial charge in [0.05, 0.1) is 0 Å². The summed E-state index contributed by atoms with van der Waals surface area (Å²) < 4.78 is 0. The van der Waals surface area contributed by atoms with Crippen LogP contribution < -0.4 is 5.32 Å². The van der Waals surface area contributed by atoms with Crippen LogP contribution in [0.2, 0.25) is 0 Å². The number of amides is 1. The normalized spacial score (nSPS) is 13.6. The van der Waals surface area contributed by atoms with Gasteiger partial charge in [0.2, 0.25) is 0 Å². The molecule has 3 nitrogen and oxygen atoms in total. The number of carbonyl (C=O) groups excluding carboxylic acids is 1. The average molecular weight is 290 g/mol. The van der Waals surface area contributed by atoms with Crippen molar-refractivity contribution in [3.8, 4) is 0 Å². The second kappa shape index (κ2) is 6.76. The number of nitrogens with one attached hydrogen (secondary N) is 1. The Morgan fingerprint density at radius 3 is 2.41 bits per heavy atom. The maximum Gasteiger partial charge on any atom is 0.253 e. The molecule has 0 aliphatic carbocycles. The third-order valence-electron chi connectivity index (χ3n) is 3.49. The first-order valence-corrected chi connectivity index (χ1v) is 7.35. The Hall–Kier alpha value is -2.81. The topological polar surface area (TPSA) is 32.3 Å². The molecule has 0 fully saturated rings. The van der Waals surface area contributed by atoms with Crippen LogP contribution in [0.4, 0.5) is 5.69 Å². The molecule has 2 aromatic carbocycles. The number of hydrogen-bond donors (Lipinski definition) is 1. The van der Waals surface area contributed by atoms with Crippen LogP contribution in [0.1, 0.15) is 12.0 Å². The number of carbonyl (C=O) groups is 1. The molecule has 3 rings (SSSR count). The van der Waals surface area contributed by atoms with Crippen LogP contribution in [0.25, 0.3) is 0 Å². The highest BCUT2D eigenvalue weighted by Crippen LogP contribution is 2.17. The van der Waals surface area contributed by atoms with Crippen molar-refractivity contribution in [1.82, 2.24) is 4.90 Å². The Morgan fingerprint density at radius 2 is 1.68 bits per heavy atom. The zero-order valence-corrected chi connectivity index (χ0v) is 12.3. The molecule has 1 N–H and O–H groups in total. The molecule has 0 spiro atoms. The monoisotopic (exact) mass is 290 g/mol. The molecule has 2 aromatic rings. The molecule has 0 saturated carbocycles. The fraction of sp³-hybridized carbons (Fsp3) is 0.105. The van der Waals surface area contributed by atoms with Crippen molar-refractivity contribution in [2.45, 2.75) is 13.0 Å². The number of para-hydroxylation sites is 1. The molecule has 110 valence electrons. The summed E-state index contributed by atoms with van der Waals surface area (Å²) in [6.45, 7) is 0.763. The summed E-state index contributed by atoms with van der Waals surface area (Å²) in [6.07, 6.45) is 6.62. The van der Waals surface area contributed by atoms with Crippen LogP contribution in [0.5, 0.6) is 0 Å². The minimum absolute atomic E-state index is 0.0476. The third-order valence-corrected chi connectivity index (χ3v) is 3.49. The Kier molecular flexibility index (Phi) is 4.35. The van der Waals surface area contributed by atoms with Crippen molar-refractivity contribution in [2.75, 3.05) is 5.32 Å². The van der Waals surface area contributed by atoms with Crippen molar-refractivity contribution in [3.63, 3.8) is 0 Å². The highest BCUT2D eigenvalue weighted by atomic mass is 16.1. The number of anilines is 1. The quantitative estimate of drug-likeness (QED) is 0.925. The van der Waals surface area contributed by atoms with E-state index in [2.05, 4.69) is 17.4 Å². The molecule has 1 aliphatic rings. The van der Waals surface area contributed by atoms with Gasteiger partial charge >= 0.3 is 0 Å². The van der Waals surface area contributed by atoms with Crippen LogP contribution in [0.15, 0.2) is 84.7 Å². The minimum atomic E-state index is -0.0476. The van der Waals surface area contributed by atoms with Crippen LogP contribution in [-0.2, 0) is 11.3 Å². The average Bonchev–Trinajstić information content (AvgIpc) is 2.57. The van der Waals surface area contributed by atoms with Crippen LogP contribution in [0.3, 0.4) is 0 Å². The maximum atomic E-state index is 12.3. The third kappa shape index (κ3) is 3.64. The van der Waals surface area contributed by atoms with E-state index in [0.717, 1.165) is 17.8 Å². The van der Waals surface area contributed by atoms with E-state index >= 15 is 0 Å². The Bertz CT molecular complexity index is 690. The lowest BCUT2D eigenvalue weighted by Crippen LogP contribution is -2.20. The van der Waals surface area contributed by atoms with Gasteiger partial charge in [-0.05, 0) is 24.1 Å². The smallest absolute Gasteiger partial charge is 0.253 e. The molecule has 0 atom stereocenters. The molecule has 0 bridgehead atoms. The lowest BCUT2D eigenvalue weighted by atomic mass is 10.1. The molecule has 0 unspecified atom stereocenters. The molecule has 3 heteroatoms. The molecular formula is C19H18N2O. The van der Waals surface area contributed by atoms with Gasteiger partial charge in [-0.15, -0.1) is 0 Å². The van der Waals surface area contributed by atoms with Crippen molar-refractivity contribution >= 4 is 11.6 Å². The van der Waals surface area contributed by atoms with E-state index in [1.807, 2.05) is 71.9 Å². The lowest BCUT2D eigenvalue weighted by molar-refractivity contribution is -0.113. The zero-order valence-electron chi connectivity index (χ0n) is 12.3. The van der Waals surface area contributed by atoms with Crippen molar-refractivity contribution in [2.24, 2.45) is 0 Å². The van der Waals surface area contributed by atoms with Crippen LogP contribution in [0, 0.1) is 0 Å². The van der Waals surface area contributed by atoms with Gasteiger partial charge in [0.25, 0.3) is 5.91 Å². The lowest BCUT2D eigenvalue weighted by Gasteiger charge is -2.21. The van der Waals surface area contributed by atoms with E-state index in [4.69, 9.17) is 0 Å². The van der Waals surface area contributed by atoms with Gasteiger partial charge in [-0.1, -0.05) is 54.6 Å². The second-order valence-corrected chi connectivity index (χ2v) is 5.22. The highest BCUT2D eigenvalue weighted by Gasteiger charge is 2.13. The summed E-state index contributed by atoms with van der Waals surface area (Å²) in [5.41, 5.74) is 2.80. The van der Waals surface area contributed by atoms with E-state index in [0.29, 0.717) is 6.42 Å². The van der Waals surface area contributed by atoms with Gasteiger partial charge < -0.3 is 10.2 Å². The van der Waals surface area contributed by atoms with Gasteiger partial charge in [0.1, 0.15) is 0 Å². The Balaban J connectivity index is 1.67. The van der Waals surface area contributed by atoms with E-state index in [1.165, 1.54) is 5.56 Å². The molecule has 1 amide bonds. The molecule has 1 heterocycles. The minimum Gasteiger partial charge on any atom is -0.350 e. The molecule has 0 saturated heterocycles. The SMILES string of the molecule is O=C(Nc1ccccc1)C1=CN(Cc2ccccc2)C=CC1. The fourth-order valence-electron chi connectivity index (χ4n) is 2.39. The molecule has 0 radical (unpaired) electrons. The van der Waals surface area contributed by atoms with Crippen LogP contribution >= 0.6 is 0 Å². The Morgan fingerprint density at radius 1 is 1.00 bits per heavy atom. The summed E-state index contributed by atoms with van der Waals surface area (Å²) >= 11 is 0. The van der Waals surface area contributed by atoms with Crippen molar-refractivity contribution in [3.05, 3.63) is 90.3 Å². The maximum absolute atomic E-state index is 12.3. The summed E-state index contributed by atoms with van der Waals surface area (Å²) in [7, 11) is 0. The van der Waals surface area contributed by atoms with Gasteiger partial charge in [-0.2, -0.15) is 0 Å². The van der Waals surface area contributed by atoms with Gasteiger partial charge in [-0.25, -0.2) is 0 Å². The summed E-state index contributed by atoms with van der Waals surface area (Å²) in [5, 5.41) is 2.93. The number of allylic oxidation sites excluding steroid dienone is 1. The first-order chi connectivity index (χ1) is 10.8. The summed E-state index contributed by atoms with van der Waals surface area (Å²) in [6, 6.07) is 19.7.